The standard InChI is InChI=1S/C16H16N4OS/c1-3-9-20-15(14-7-5-10-21-14)18-19-16(20)22-12(2)13-6-4-8-17-11-13/h3-8,10-12H,1,9H2,2H3/t12-/m0/s1. The number of furan rings is 1. The van der Waals surface area contributed by atoms with E-state index in [4.69, 9.17) is 4.42 Å². The molecule has 3 aromatic heterocycles. The van der Waals surface area contributed by atoms with E-state index in [1.807, 2.05) is 35.0 Å². The molecular weight excluding hydrogens is 296 g/mol. The van der Waals surface area contributed by atoms with Gasteiger partial charge in [-0.15, -0.1) is 16.8 Å². The fraction of sp³-hybridized carbons (Fsp3) is 0.188. The molecule has 3 heterocycles. The average molecular weight is 312 g/mol. The minimum absolute atomic E-state index is 0.228. The topological polar surface area (TPSA) is 56.7 Å². The quantitative estimate of drug-likeness (QED) is 0.509. The van der Waals surface area contributed by atoms with Gasteiger partial charge in [-0.2, -0.15) is 0 Å². The molecule has 0 N–H and O–H groups in total. The van der Waals surface area contributed by atoms with Crippen molar-refractivity contribution < 1.29 is 4.42 Å². The van der Waals surface area contributed by atoms with Gasteiger partial charge in [0, 0.05) is 24.2 Å². The van der Waals surface area contributed by atoms with Crippen LogP contribution in [0.3, 0.4) is 0 Å². The highest BCUT2D eigenvalue weighted by Gasteiger charge is 2.18. The van der Waals surface area contributed by atoms with Gasteiger partial charge in [0.05, 0.1) is 6.26 Å². The van der Waals surface area contributed by atoms with Crippen LogP contribution in [0.1, 0.15) is 17.7 Å². The summed E-state index contributed by atoms with van der Waals surface area (Å²) < 4.78 is 7.44. The first kappa shape index (κ1) is 14.6. The summed E-state index contributed by atoms with van der Waals surface area (Å²) in [5, 5.41) is 9.63. The van der Waals surface area contributed by atoms with Crippen LogP contribution in [0.25, 0.3) is 11.6 Å². The normalized spacial score (nSPS) is 12.2. The highest BCUT2D eigenvalue weighted by molar-refractivity contribution is 7.99. The van der Waals surface area contributed by atoms with Crippen molar-refractivity contribution in [3.05, 3.63) is 61.1 Å². The van der Waals surface area contributed by atoms with Crippen molar-refractivity contribution in [2.45, 2.75) is 23.9 Å². The van der Waals surface area contributed by atoms with Gasteiger partial charge in [0.1, 0.15) is 0 Å². The van der Waals surface area contributed by atoms with Crippen LogP contribution in [-0.2, 0) is 6.54 Å². The molecule has 0 bridgehead atoms. The second kappa shape index (κ2) is 6.62. The van der Waals surface area contributed by atoms with Crippen LogP contribution in [0.4, 0.5) is 0 Å². The number of hydrogen-bond donors (Lipinski definition) is 0. The Morgan fingerprint density at radius 3 is 2.95 bits per heavy atom. The predicted octanol–water partition coefficient (Wildman–Crippen LogP) is 3.97. The summed E-state index contributed by atoms with van der Waals surface area (Å²) in [5.74, 6) is 1.42. The molecule has 0 aliphatic rings. The van der Waals surface area contributed by atoms with E-state index in [1.54, 1.807) is 24.2 Å². The van der Waals surface area contributed by atoms with Crippen LogP contribution in [0, 0.1) is 0 Å². The van der Waals surface area contributed by atoms with Crippen molar-refractivity contribution in [3.8, 4) is 11.6 Å². The number of pyridine rings is 1. The maximum Gasteiger partial charge on any atom is 0.200 e. The molecule has 0 radical (unpaired) electrons. The Morgan fingerprint density at radius 2 is 2.27 bits per heavy atom. The number of rotatable bonds is 6. The number of aromatic nitrogens is 4. The third kappa shape index (κ3) is 2.96. The van der Waals surface area contributed by atoms with Gasteiger partial charge in [-0.3, -0.25) is 9.55 Å². The zero-order valence-electron chi connectivity index (χ0n) is 12.2. The van der Waals surface area contributed by atoms with Gasteiger partial charge in [-0.05, 0) is 30.7 Å². The minimum atomic E-state index is 0.228. The van der Waals surface area contributed by atoms with Gasteiger partial charge < -0.3 is 4.42 Å². The Kier molecular flexibility index (Phi) is 4.39. The lowest BCUT2D eigenvalue weighted by Crippen LogP contribution is -2.01. The summed E-state index contributed by atoms with van der Waals surface area (Å²) in [6, 6.07) is 7.72. The summed E-state index contributed by atoms with van der Waals surface area (Å²) in [6.07, 6.45) is 7.11. The minimum Gasteiger partial charge on any atom is -0.461 e. The fourth-order valence-electron chi connectivity index (χ4n) is 2.10. The van der Waals surface area contributed by atoms with Crippen molar-refractivity contribution in [1.82, 2.24) is 19.7 Å². The first-order chi connectivity index (χ1) is 10.8. The average Bonchev–Trinajstić information content (AvgIpc) is 3.19. The second-order valence-electron chi connectivity index (χ2n) is 4.73. The van der Waals surface area contributed by atoms with E-state index < -0.39 is 0 Å². The van der Waals surface area contributed by atoms with Crippen LogP contribution in [0.15, 0.2) is 65.2 Å². The summed E-state index contributed by atoms with van der Waals surface area (Å²) in [6.45, 7) is 6.57. The van der Waals surface area contributed by atoms with E-state index in [1.165, 1.54) is 0 Å². The lowest BCUT2D eigenvalue weighted by atomic mass is 10.2. The monoisotopic (exact) mass is 312 g/mol. The van der Waals surface area contributed by atoms with E-state index in [0.29, 0.717) is 18.1 Å². The van der Waals surface area contributed by atoms with Gasteiger partial charge in [-0.25, -0.2) is 0 Å². The summed E-state index contributed by atoms with van der Waals surface area (Å²) in [5.41, 5.74) is 1.15. The molecular formula is C16H16N4OS. The van der Waals surface area contributed by atoms with Crippen LogP contribution >= 0.6 is 11.8 Å². The summed E-state index contributed by atoms with van der Waals surface area (Å²) >= 11 is 1.64. The smallest absolute Gasteiger partial charge is 0.200 e. The SMILES string of the molecule is C=CCn1c(S[C@@H](C)c2cccnc2)nnc1-c1ccco1. The molecule has 0 aromatic carbocycles. The lowest BCUT2D eigenvalue weighted by molar-refractivity contribution is 0.569. The van der Waals surface area contributed by atoms with Gasteiger partial charge >= 0.3 is 0 Å². The number of thioether (sulfide) groups is 1. The molecule has 112 valence electrons. The third-order valence-corrected chi connectivity index (χ3v) is 4.34. The molecule has 0 fully saturated rings. The number of allylic oxidation sites excluding steroid dienone is 1. The second-order valence-corrected chi connectivity index (χ2v) is 6.04. The van der Waals surface area contributed by atoms with Crippen molar-refractivity contribution in [3.63, 3.8) is 0 Å². The Bertz CT molecular complexity index is 737. The van der Waals surface area contributed by atoms with Crippen LogP contribution in [0.5, 0.6) is 0 Å². The van der Waals surface area contributed by atoms with Crippen molar-refractivity contribution >= 4 is 11.8 Å². The maximum absolute atomic E-state index is 5.43. The first-order valence-electron chi connectivity index (χ1n) is 6.94. The molecule has 3 rings (SSSR count). The highest BCUT2D eigenvalue weighted by Crippen LogP contribution is 2.35. The Balaban J connectivity index is 1.89. The first-order valence-corrected chi connectivity index (χ1v) is 7.82. The highest BCUT2D eigenvalue weighted by atomic mass is 32.2. The van der Waals surface area contributed by atoms with Crippen LogP contribution in [-0.4, -0.2) is 19.7 Å². The molecule has 6 heteroatoms. The predicted molar refractivity (Wildman–Crippen MR) is 86.4 cm³/mol. The Hall–Kier alpha value is -2.34. The molecule has 0 aliphatic heterocycles. The molecule has 1 atom stereocenters. The zero-order chi connectivity index (χ0) is 15.4. The molecule has 22 heavy (non-hydrogen) atoms. The third-order valence-electron chi connectivity index (χ3n) is 3.21. The van der Waals surface area contributed by atoms with Gasteiger partial charge in [-0.1, -0.05) is 23.9 Å². The number of nitrogens with zero attached hydrogens (tertiary/aromatic N) is 4. The summed E-state index contributed by atoms with van der Waals surface area (Å²) in [7, 11) is 0. The van der Waals surface area contributed by atoms with E-state index >= 15 is 0 Å². The zero-order valence-corrected chi connectivity index (χ0v) is 13.0. The van der Waals surface area contributed by atoms with Gasteiger partial charge in [0.25, 0.3) is 0 Å². The largest absolute Gasteiger partial charge is 0.461 e. The van der Waals surface area contributed by atoms with Crippen molar-refractivity contribution in [2.75, 3.05) is 0 Å². The fourth-order valence-corrected chi connectivity index (χ4v) is 3.07. The maximum atomic E-state index is 5.43. The molecule has 0 amide bonds. The molecule has 0 saturated carbocycles. The summed E-state index contributed by atoms with van der Waals surface area (Å²) in [4.78, 5) is 4.16. The molecule has 0 unspecified atom stereocenters. The Morgan fingerprint density at radius 1 is 1.36 bits per heavy atom. The van der Waals surface area contributed by atoms with Gasteiger partial charge in [0.15, 0.2) is 10.9 Å². The molecule has 3 aromatic rings. The van der Waals surface area contributed by atoms with E-state index in [0.717, 1.165) is 10.7 Å². The molecule has 0 saturated heterocycles. The molecule has 0 spiro atoms. The van der Waals surface area contributed by atoms with E-state index in [2.05, 4.69) is 34.8 Å². The van der Waals surface area contributed by atoms with Crippen molar-refractivity contribution in [2.24, 2.45) is 0 Å². The van der Waals surface area contributed by atoms with Crippen LogP contribution in [0.2, 0.25) is 0 Å². The van der Waals surface area contributed by atoms with E-state index in [-0.39, 0.29) is 5.25 Å². The number of hydrogen-bond acceptors (Lipinski definition) is 5. The van der Waals surface area contributed by atoms with Crippen LogP contribution < -0.4 is 0 Å². The molecule has 5 nitrogen and oxygen atoms in total. The van der Waals surface area contributed by atoms with E-state index in [9.17, 15) is 0 Å². The molecule has 0 aliphatic carbocycles. The van der Waals surface area contributed by atoms with Crippen molar-refractivity contribution in [1.29, 1.82) is 0 Å². The van der Waals surface area contributed by atoms with Gasteiger partial charge in [0.2, 0.25) is 5.82 Å². The lowest BCUT2D eigenvalue weighted by Gasteiger charge is -2.11. The Labute approximate surface area is 133 Å².